The molecule has 0 amide bonds. The maximum absolute atomic E-state index is 11.6. The average molecular weight is 540 g/mol. The van der Waals surface area contributed by atoms with Crippen LogP contribution in [0.25, 0.3) is 23.4 Å². The molecule has 0 unspecified atom stereocenters. The summed E-state index contributed by atoms with van der Waals surface area (Å²) >= 11 is 18.1. The van der Waals surface area contributed by atoms with E-state index in [9.17, 15) is 9.90 Å². The van der Waals surface area contributed by atoms with Gasteiger partial charge in [0, 0.05) is 16.2 Å². The molecule has 4 rings (SSSR count). The molecule has 0 saturated carbocycles. The third-order valence-corrected chi connectivity index (χ3v) is 5.98. The first-order chi connectivity index (χ1) is 17.2. The van der Waals surface area contributed by atoms with Crippen molar-refractivity contribution in [2.45, 2.75) is 20.8 Å². The van der Waals surface area contributed by atoms with E-state index in [2.05, 4.69) is 49.3 Å². The Bertz CT molecular complexity index is 1440. The standard InChI is InChI=1S/C18H11Cl3N2O2.C11H14/c19-12-3-1-2-11(8-12)15(18(24)25)10-14-6-7-23(22-14)17-9-13(20)4-5-16(17)21;1-4-5-11-7-6-9(2)8-10(11)3/h1-10H,(H,24,25);4-8H,1-3H3/b15-10-;5-4-. The number of carboxylic acids is 1. The molecule has 0 bridgehead atoms. The molecule has 1 heterocycles. The molecular formula is C29H25Cl3N2O2. The summed E-state index contributed by atoms with van der Waals surface area (Å²) in [5.74, 6) is -1.07. The van der Waals surface area contributed by atoms with Gasteiger partial charge in [-0.3, -0.25) is 0 Å². The molecule has 1 N–H and O–H groups in total. The van der Waals surface area contributed by atoms with E-state index in [-0.39, 0.29) is 5.57 Å². The highest BCUT2D eigenvalue weighted by atomic mass is 35.5. The van der Waals surface area contributed by atoms with Gasteiger partial charge in [0.1, 0.15) is 0 Å². The van der Waals surface area contributed by atoms with Crippen molar-refractivity contribution in [2.24, 2.45) is 0 Å². The first kappa shape index (κ1) is 27.3. The molecule has 0 aliphatic carbocycles. The van der Waals surface area contributed by atoms with Gasteiger partial charge in [0.15, 0.2) is 0 Å². The van der Waals surface area contributed by atoms with Gasteiger partial charge < -0.3 is 5.11 Å². The minimum Gasteiger partial charge on any atom is -0.478 e. The Morgan fingerprint density at radius 3 is 2.36 bits per heavy atom. The molecule has 0 fully saturated rings. The maximum Gasteiger partial charge on any atom is 0.336 e. The van der Waals surface area contributed by atoms with E-state index in [1.54, 1.807) is 54.7 Å². The van der Waals surface area contributed by atoms with Crippen LogP contribution in [0.3, 0.4) is 0 Å². The Hall–Kier alpha value is -3.31. The zero-order valence-electron chi connectivity index (χ0n) is 20.0. The molecule has 4 nitrogen and oxygen atoms in total. The number of carboxylic acid groups (broad SMARTS) is 1. The van der Waals surface area contributed by atoms with E-state index in [1.807, 2.05) is 6.92 Å². The topological polar surface area (TPSA) is 55.1 Å². The molecular weight excluding hydrogens is 515 g/mol. The van der Waals surface area contributed by atoms with Crippen LogP contribution in [-0.2, 0) is 4.79 Å². The number of aromatic nitrogens is 2. The highest BCUT2D eigenvalue weighted by Gasteiger charge is 2.13. The van der Waals surface area contributed by atoms with Gasteiger partial charge in [-0.25, -0.2) is 9.48 Å². The quantitative estimate of drug-likeness (QED) is 0.258. The number of benzene rings is 3. The van der Waals surface area contributed by atoms with Gasteiger partial charge in [-0.1, -0.05) is 82.9 Å². The van der Waals surface area contributed by atoms with Crippen molar-refractivity contribution in [3.63, 3.8) is 0 Å². The van der Waals surface area contributed by atoms with Gasteiger partial charge in [-0.15, -0.1) is 0 Å². The molecule has 0 aliphatic heterocycles. The second-order valence-corrected chi connectivity index (χ2v) is 9.29. The van der Waals surface area contributed by atoms with Crippen LogP contribution in [0, 0.1) is 13.8 Å². The summed E-state index contributed by atoms with van der Waals surface area (Å²) in [5, 5.41) is 15.3. The molecule has 0 spiro atoms. The summed E-state index contributed by atoms with van der Waals surface area (Å²) in [6.45, 7) is 6.30. The van der Waals surface area contributed by atoms with E-state index in [4.69, 9.17) is 34.8 Å². The van der Waals surface area contributed by atoms with E-state index >= 15 is 0 Å². The van der Waals surface area contributed by atoms with E-state index in [0.29, 0.717) is 32.0 Å². The number of hydrogen-bond acceptors (Lipinski definition) is 2. The maximum atomic E-state index is 11.6. The summed E-state index contributed by atoms with van der Waals surface area (Å²) in [4.78, 5) is 11.6. The zero-order valence-corrected chi connectivity index (χ0v) is 22.3. The Labute approximate surface area is 226 Å². The van der Waals surface area contributed by atoms with Crippen molar-refractivity contribution in [1.29, 1.82) is 0 Å². The number of aliphatic carboxylic acids is 1. The molecule has 184 valence electrons. The molecule has 0 saturated heterocycles. The fourth-order valence-corrected chi connectivity index (χ4v) is 4.04. The second kappa shape index (κ2) is 12.6. The summed E-state index contributed by atoms with van der Waals surface area (Å²) in [6, 6.07) is 19.9. The summed E-state index contributed by atoms with van der Waals surface area (Å²) in [5.41, 5.74) is 5.65. The lowest BCUT2D eigenvalue weighted by atomic mass is 10.1. The van der Waals surface area contributed by atoms with Gasteiger partial charge in [-0.05, 0) is 79.9 Å². The Balaban J connectivity index is 0.000000275. The zero-order chi connectivity index (χ0) is 26.2. The predicted molar refractivity (Wildman–Crippen MR) is 151 cm³/mol. The van der Waals surface area contributed by atoms with Crippen LogP contribution in [0.4, 0.5) is 0 Å². The van der Waals surface area contributed by atoms with E-state index in [0.717, 1.165) is 0 Å². The predicted octanol–water partition coefficient (Wildman–Crippen LogP) is 8.79. The van der Waals surface area contributed by atoms with Crippen molar-refractivity contribution in [2.75, 3.05) is 0 Å². The van der Waals surface area contributed by atoms with Gasteiger partial charge >= 0.3 is 5.97 Å². The Kier molecular flexibility index (Phi) is 9.54. The molecule has 36 heavy (non-hydrogen) atoms. The monoisotopic (exact) mass is 538 g/mol. The number of halogens is 3. The number of aryl methyl sites for hydroxylation is 2. The van der Waals surface area contributed by atoms with Crippen LogP contribution in [-0.4, -0.2) is 20.9 Å². The van der Waals surface area contributed by atoms with Crippen LogP contribution in [0.15, 0.2) is 79.0 Å². The first-order valence-electron chi connectivity index (χ1n) is 11.1. The molecule has 0 aliphatic rings. The van der Waals surface area contributed by atoms with Crippen molar-refractivity contribution < 1.29 is 9.90 Å². The Morgan fingerprint density at radius 1 is 0.944 bits per heavy atom. The highest BCUT2D eigenvalue weighted by molar-refractivity contribution is 6.34. The van der Waals surface area contributed by atoms with Gasteiger partial charge in [-0.2, -0.15) is 5.10 Å². The number of hydrogen-bond donors (Lipinski definition) is 1. The summed E-state index contributed by atoms with van der Waals surface area (Å²) in [6.07, 6.45) is 7.36. The molecule has 4 aromatic rings. The average Bonchev–Trinajstić information content (AvgIpc) is 3.30. The molecule has 1 aromatic heterocycles. The van der Waals surface area contributed by atoms with Crippen molar-refractivity contribution in [3.05, 3.63) is 122 Å². The lowest BCUT2D eigenvalue weighted by Gasteiger charge is -2.05. The van der Waals surface area contributed by atoms with Crippen LogP contribution >= 0.6 is 34.8 Å². The first-order valence-corrected chi connectivity index (χ1v) is 12.2. The normalized spacial score (nSPS) is 11.3. The molecule has 3 aromatic carbocycles. The minimum absolute atomic E-state index is 0.0879. The van der Waals surface area contributed by atoms with Crippen molar-refractivity contribution in [1.82, 2.24) is 9.78 Å². The lowest BCUT2D eigenvalue weighted by Crippen LogP contribution is -2.00. The SMILES string of the molecule is C/C=C\c1ccc(C)cc1C.O=C(O)/C(=C\c1ccn(-c2cc(Cl)ccc2Cl)n1)c1cccc(Cl)c1. The number of carbonyl (C=O) groups is 1. The van der Waals surface area contributed by atoms with Gasteiger partial charge in [0.05, 0.1) is 22.0 Å². The van der Waals surface area contributed by atoms with Crippen LogP contribution in [0.2, 0.25) is 15.1 Å². The third kappa shape index (κ3) is 7.34. The number of allylic oxidation sites excluding steroid dienone is 1. The molecule has 7 heteroatoms. The van der Waals surface area contributed by atoms with Crippen LogP contribution in [0.5, 0.6) is 0 Å². The highest BCUT2D eigenvalue weighted by Crippen LogP contribution is 2.25. The Morgan fingerprint density at radius 2 is 1.69 bits per heavy atom. The number of rotatable bonds is 5. The smallest absolute Gasteiger partial charge is 0.336 e. The van der Waals surface area contributed by atoms with Crippen molar-refractivity contribution >= 4 is 58.5 Å². The van der Waals surface area contributed by atoms with Gasteiger partial charge in [0.2, 0.25) is 0 Å². The van der Waals surface area contributed by atoms with Crippen LogP contribution < -0.4 is 0 Å². The molecule has 0 radical (unpaired) electrons. The molecule has 0 atom stereocenters. The minimum atomic E-state index is -1.07. The van der Waals surface area contributed by atoms with Crippen molar-refractivity contribution in [3.8, 4) is 5.69 Å². The number of nitrogens with zero attached hydrogens (tertiary/aromatic N) is 2. The largest absolute Gasteiger partial charge is 0.478 e. The second-order valence-electron chi connectivity index (χ2n) is 8.01. The van der Waals surface area contributed by atoms with E-state index < -0.39 is 5.97 Å². The fraction of sp³-hybridized carbons (Fsp3) is 0.103. The van der Waals surface area contributed by atoms with E-state index in [1.165, 1.54) is 27.4 Å². The van der Waals surface area contributed by atoms with Gasteiger partial charge in [0.25, 0.3) is 0 Å². The fourth-order valence-electron chi connectivity index (χ4n) is 3.48. The van der Waals surface area contributed by atoms with Crippen LogP contribution in [0.1, 0.15) is 34.9 Å². The third-order valence-electron chi connectivity index (χ3n) is 5.19. The summed E-state index contributed by atoms with van der Waals surface area (Å²) in [7, 11) is 0. The lowest BCUT2D eigenvalue weighted by molar-refractivity contribution is -0.130. The summed E-state index contributed by atoms with van der Waals surface area (Å²) < 4.78 is 1.54.